The second-order valence-corrected chi connectivity index (χ2v) is 11.2. The van der Waals surface area contributed by atoms with Crippen molar-refractivity contribution in [3.05, 3.63) is 75.8 Å². The van der Waals surface area contributed by atoms with Crippen LogP contribution in [-0.4, -0.2) is 52.6 Å². The number of hydrogen-bond acceptors (Lipinski definition) is 6. The lowest BCUT2D eigenvalue weighted by Gasteiger charge is -2.09. The second kappa shape index (κ2) is 9.83. The van der Waals surface area contributed by atoms with Crippen molar-refractivity contribution in [2.24, 2.45) is 0 Å². The van der Waals surface area contributed by atoms with Gasteiger partial charge in [0.05, 0.1) is 23.2 Å². The summed E-state index contributed by atoms with van der Waals surface area (Å²) in [7, 11) is -3.09. The summed E-state index contributed by atoms with van der Waals surface area (Å²) >= 11 is 6.42. The zero-order chi connectivity index (χ0) is 25.3. The van der Waals surface area contributed by atoms with Gasteiger partial charge in [-0.2, -0.15) is 5.10 Å². The number of carbonyl (C=O) groups excluding carboxylic acids is 2. The predicted octanol–water partition coefficient (Wildman–Crippen LogP) is 4.05. The van der Waals surface area contributed by atoms with Crippen LogP contribution in [0.1, 0.15) is 45.5 Å². The normalized spacial score (nSPS) is 17.2. The number of sulfone groups is 1. The first-order valence-corrected chi connectivity index (χ1v) is 13.3. The number of Topliss-reactive ketones (excluding diaryl/α,β-unsaturated/α-hetero) is 1. The van der Waals surface area contributed by atoms with E-state index >= 15 is 0 Å². The van der Waals surface area contributed by atoms with Crippen molar-refractivity contribution in [3.63, 3.8) is 0 Å². The lowest BCUT2D eigenvalue weighted by molar-refractivity contribution is -0.136. The van der Waals surface area contributed by atoms with E-state index in [1.54, 1.807) is 13.0 Å². The van der Waals surface area contributed by atoms with Crippen LogP contribution in [-0.2, 0) is 19.4 Å². The molecule has 0 radical (unpaired) electrons. The molecule has 184 valence electrons. The maximum absolute atomic E-state index is 12.8. The van der Waals surface area contributed by atoms with E-state index in [0.717, 1.165) is 17.1 Å². The van der Waals surface area contributed by atoms with Crippen molar-refractivity contribution in [1.82, 2.24) is 14.3 Å². The van der Waals surface area contributed by atoms with Crippen molar-refractivity contribution >= 4 is 39.3 Å². The molecule has 0 spiro atoms. The van der Waals surface area contributed by atoms with Gasteiger partial charge in [0.1, 0.15) is 5.15 Å². The number of ketones is 1. The number of benzene rings is 1. The van der Waals surface area contributed by atoms with Gasteiger partial charge in [0.25, 0.3) is 0 Å². The van der Waals surface area contributed by atoms with E-state index in [9.17, 15) is 18.0 Å². The van der Waals surface area contributed by atoms with Gasteiger partial charge in [-0.05, 0) is 51.5 Å². The van der Waals surface area contributed by atoms with E-state index in [1.807, 2.05) is 48.7 Å². The summed E-state index contributed by atoms with van der Waals surface area (Å²) in [6.07, 6.45) is 3.10. The predicted molar refractivity (Wildman–Crippen MR) is 134 cm³/mol. The summed E-state index contributed by atoms with van der Waals surface area (Å²) < 4.78 is 32.2. The van der Waals surface area contributed by atoms with Crippen LogP contribution in [0.3, 0.4) is 0 Å². The number of para-hydroxylation sites is 1. The number of aromatic nitrogens is 3. The summed E-state index contributed by atoms with van der Waals surface area (Å²) in [6.45, 7) is 5.10. The third-order valence-electron chi connectivity index (χ3n) is 6.10. The molecule has 35 heavy (non-hydrogen) atoms. The van der Waals surface area contributed by atoms with Crippen LogP contribution in [0.2, 0.25) is 5.15 Å². The number of hydrogen-bond donors (Lipinski definition) is 0. The summed E-state index contributed by atoms with van der Waals surface area (Å²) in [6, 6.07) is 11.2. The Kier molecular flexibility index (Phi) is 7.00. The molecular formula is C25H26ClN3O5S. The topological polar surface area (TPSA) is 100 Å². The Morgan fingerprint density at radius 1 is 1.20 bits per heavy atom. The van der Waals surface area contributed by atoms with Crippen molar-refractivity contribution in [1.29, 1.82) is 0 Å². The van der Waals surface area contributed by atoms with E-state index in [-0.39, 0.29) is 28.5 Å². The third kappa shape index (κ3) is 5.26. The molecule has 0 N–H and O–H groups in total. The molecule has 1 unspecified atom stereocenters. The zero-order valence-electron chi connectivity index (χ0n) is 19.7. The van der Waals surface area contributed by atoms with Crippen molar-refractivity contribution in [2.45, 2.75) is 33.2 Å². The average Bonchev–Trinajstić information content (AvgIpc) is 3.43. The van der Waals surface area contributed by atoms with Crippen LogP contribution in [0, 0.1) is 20.8 Å². The molecule has 4 rings (SSSR count). The van der Waals surface area contributed by atoms with Crippen LogP contribution in [0.15, 0.2) is 42.5 Å². The fourth-order valence-corrected chi connectivity index (χ4v) is 6.43. The summed E-state index contributed by atoms with van der Waals surface area (Å²) in [4.78, 5) is 25.0. The first kappa shape index (κ1) is 24.9. The van der Waals surface area contributed by atoms with Gasteiger partial charge in [-0.15, -0.1) is 0 Å². The minimum Gasteiger partial charge on any atom is -0.454 e. The Hall–Kier alpha value is -3.17. The molecule has 0 amide bonds. The molecule has 3 aromatic rings. The number of nitrogens with zero attached hydrogens (tertiary/aromatic N) is 3. The molecular weight excluding hydrogens is 490 g/mol. The number of aryl methyl sites for hydroxylation is 2. The Morgan fingerprint density at radius 3 is 2.57 bits per heavy atom. The van der Waals surface area contributed by atoms with Gasteiger partial charge in [-0.25, -0.2) is 17.9 Å². The zero-order valence-corrected chi connectivity index (χ0v) is 21.3. The first-order chi connectivity index (χ1) is 16.6. The van der Waals surface area contributed by atoms with Crippen molar-refractivity contribution < 1.29 is 22.7 Å². The lowest BCUT2D eigenvalue weighted by Crippen LogP contribution is -2.13. The number of ether oxygens (including phenoxy) is 1. The highest BCUT2D eigenvalue weighted by Gasteiger charge is 2.31. The van der Waals surface area contributed by atoms with Crippen LogP contribution in [0.4, 0.5) is 0 Å². The molecule has 1 fully saturated rings. The SMILES string of the molecule is Cc1nn(C2CCS(=O)(=O)C2)c(Cl)c1/C=C/C(=O)OCC(=O)c1cc(C)n(-c2ccccc2)c1C. The average molecular weight is 516 g/mol. The molecule has 8 nitrogen and oxygen atoms in total. The molecule has 10 heteroatoms. The largest absolute Gasteiger partial charge is 0.454 e. The van der Waals surface area contributed by atoms with Crippen LogP contribution in [0.5, 0.6) is 0 Å². The summed E-state index contributed by atoms with van der Waals surface area (Å²) in [5.41, 5.74) is 4.19. The molecule has 1 aliphatic rings. The third-order valence-corrected chi connectivity index (χ3v) is 8.23. The van der Waals surface area contributed by atoms with Crippen LogP contribution < -0.4 is 0 Å². The van der Waals surface area contributed by atoms with E-state index in [2.05, 4.69) is 5.10 Å². The highest BCUT2D eigenvalue weighted by atomic mass is 35.5. The fourth-order valence-electron chi connectivity index (χ4n) is 4.37. The lowest BCUT2D eigenvalue weighted by atomic mass is 10.1. The van der Waals surface area contributed by atoms with Crippen molar-refractivity contribution in [2.75, 3.05) is 18.1 Å². The van der Waals surface area contributed by atoms with Gasteiger partial charge < -0.3 is 9.30 Å². The maximum Gasteiger partial charge on any atom is 0.331 e. The van der Waals surface area contributed by atoms with Gasteiger partial charge in [-0.3, -0.25) is 4.79 Å². The number of halogens is 1. The Bertz CT molecular complexity index is 1420. The standard InChI is InChI=1S/C25H26ClN3O5S/c1-16-13-22(18(3)28(16)19-7-5-4-6-8-19)23(30)14-34-24(31)10-9-21-17(2)27-29(25(21)26)20-11-12-35(32,33)15-20/h4-10,13,20H,11-12,14-15H2,1-3H3/b10-9+. The maximum atomic E-state index is 12.8. The van der Waals surface area contributed by atoms with Gasteiger partial charge in [-0.1, -0.05) is 29.8 Å². The molecule has 3 heterocycles. The van der Waals surface area contributed by atoms with Gasteiger partial charge in [0.15, 0.2) is 16.4 Å². The highest BCUT2D eigenvalue weighted by molar-refractivity contribution is 7.91. The minimum atomic E-state index is -3.09. The van der Waals surface area contributed by atoms with Gasteiger partial charge >= 0.3 is 5.97 Å². The second-order valence-electron chi connectivity index (χ2n) is 8.61. The van der Waals surface area contributed by atoms with Crippen LogP contribution >= 0.6 is 11.6 Å². The molecule has 0 bridgehead atoms. The van der Waals surface area contributed by atoms with E-state index in [1.165, 1.54) is 16.8 Å². The van der Waals surface area contributed by atoms with E-state index in [0.29, 0.717) is 23.2 Å². The van der Waals surface area contributed by atoms with Crippen molar-refractivity contribution in [3.8, 4) is 5.69 Å². The monoisotopic (exact) mass is 515 g/mol. The number of rotatable bonds is 7. The molecule has 1 aliphatic heterocycles. The Balaban J connectivity index is 1.41. The number of esters is 1. The van der Waals surface area contributed by atoms with E-state index < -0.39 is 22.4 Å². The van der Waals surface area contributed by atoms with Gasteiger partial charge in [0.2, 0.25) is 5.78 Å². The molecule has 1 aromatic carbocycles. The molecule has 0 aliphatic carbocycles. The summed E-state index contributed by atoms with van der Waals surface area (Å²) in [5.74, 6) is -0.897. The smallest absolute Gasteiger partial charge is 0.331 e. The molecule has 2 aromatic heterocycles. The first-order valence-electron chi connectivity index (χ1n) is 11.1. The highest BCUT2D eigenvalue weighted by Crippen LogP contribution is 2.30. The summed E-state index contributed by atoms with van der Waals surface area (Å²) in [5, 5.41) is 4.62. The van der Waals surface area contributed by atoms with Gasteiger partial charge in [0, 0.05) is 34.3 Å². The fraction of sp³-hybridized carbons (Fsp3) is 0.320. The number of carbonyl (C=O) groups is 2. The van der Waals surface area contributed by atoms with E-state index in [4.69, 9.17) is 16.3 Å². The molecule has 0 saturated carbocycles. The quantitative estimate of drug-likeness (QED) is 0.267. The molecule has 1 saturated heterocycles. The Morgan fingerprint density at radius 2 is 1.91 bits per heavy atom. The minimum absolute atomic E-state index is 0.00790. The molecule has 1 atom stereocenters. The van der Waals surface area contributed by atoms with Crippen LogP contribution in [0.25, 0.3) is 11.8 Å². The Labute approximate surface area is 209 Å².